The average Bonchev–Trinajstić information content (AvgIpc) is 2.25. The van der Waals surface area contributed by atoms with Crippen molar-refractivity contribution in [1.29, 1.82) is 0 Å². The lowest BCUT2D eigenvalue weighted by Gasteiger charge is -2.14. The number of hydrogen-bond donors (Lipinski definition) is 1. The number of hydrogen-bond acceptors (Lipinski definition) is 2. The van der Waals surface area contributed by atoms with Crippen LogP contribution in [0.4, 0.5) is 8.78 Å². The van der Waals surface area contributed by atoms with Crippen LogP contribution in [0.1, 0.15) is 38.3 Å². The van der Waals surface area contributed by atoms with Crippen LogP contribution in [0, 0.1) is 5.92 Å². The maximum absolute atomic E-state index is 12.1. The summed E-state index contributed by atoms with van der Waals surface area (Å²) < 4.78 is 28.4. The van der Waals surface area contributed by atoms with E-state index in [0.29, 0.717) is 5.92 Å². The second-order valence-corrected chi connectivity index (χ2v) is 4.53. The van der Waals surface area contributed by atoms with Gasteiger partial charge in [0, 0.05) is 6.04 Å². The summed E-state index contributed by atoms with van der Waals surface area (Å²) in [5.41, 5.74) is 6.84. The van der Waals surface area contributed by atoms with Gasteiger partial charge in [0.15, 0.2) is 0 Å². The molecule has 0 aliphatic rings. The second kappa shape index (κ2) is 6.55. The predicted molar refractivity (Wildman–Crippen MR) is 64.1 cm³/mol. The van der Waals surface area contributed by atoms with E-state index in [1.807, 2.05) is 6.07 Å². The third-order valence-corrected chi connectivity index (χ3v) is 2.57. The molecule has 0 fully saturated rings. The molecule has 4 heteroatoms. The molecule has 0 amide bonds. The maximum Gasteiger partial charge on any atom is 0.387 e. The Morgan fingerprint density at radius 1 is 1.24 bits per heavy atom. The number of halogens is 2. The molecule has 0 heterocycles. The van der Waals surface area contributed by atoms with E-state index in [1.165, 1.54) is 6.07 Å². The number of rotatable bonds is 6. The highest BCUT2D eigenvalue weighted by Gasteiger charge is 2.10. The van der Waals surface area contributed by atoms with Crippen LogP contribution in [0.25, 0.3) is 0 Å². The van der Waals surface area contributed by atoms with Crippen molar-refractivity contribution in [1.82, 2.24) is 0 Å². The Hall–Kier alpha value is -1.16. The van der Waals surface area contributed by atoms with Crippen molar-refractivity contribution in [3.63, 3.8) is 0 Å². The summed E-state index contributed by atoms with van der Waals surface area (Å²) >= 11 is 0. The van der Waals surface area contributed by atoms with Gasteiger partial charge in [-0.1, -0.05) is 26.0 Å². The van der Waals surface area contributed by atoms with E-state index in [-0.39, 0.29) is 11.8 Å². The van der Waals surface area contributed by atoms with Gasteiger partial charge in [-0.2, -0.15) is 8.78 Å². The Morgan fingerprint density at radius 3 is 2.53 bits per heavy atom. The van der Waals surface area contributed by atoms with Crippen LogP contribution >= 0.6 is 0 Å². The molecule has 0 saturated carbocycles. The predicted octanol–water partition coefficient (Wildman–Crippen LogP) is 3.72. The van der Waals surface area contributed by atoms with E-state index in [9.17, 15) is 8.78 Å². The van der Waals surface area contributed by atoms with Crippen molar-refractivity contribution in [3.05, 3.63) is 29.8 Å². The Balaban J connectivity index is 2.63. The summed E-state index contributed by atoms with van der Waals surface area (Å²) in [5, 5.41) is 0. The lowest BCUT2D eigenvalue weighted by Crippen LogP contribution is -2.11. The minimum absolute atomic E-state index is 0.126. The highest BCUT2D eigenvalue weighted by atomic mass is 19.3. The molecule has 0 aromatic heterocycles. The maximum atomic E-state index is 12.1. The van der Waals surface area contributed by atoms with E-state index in [4.69, 9.17) is 5.73 Å². The van der Waals surface area contributed by atoms with Crippen molar-refractivity contribution in [2.45, 2.75) is 39.3 Å². The zero-order chi connectivity index (χ0) is 12.8. The summed E-state index contributed by atoms with van der Waals surface area (Å²) in [5.74, 6) is 0.749. The number of benzene rings is 1. The molecule has 1 aromatic rings. The fraction of sp³-hybridized carbons (Fsp3) is 0.538. The molecule has 2 N–H and O–H groups in total. The quantitative estimate of drug-likeness (QED) is 0.826. The first-order valence-corrected chi connectivity index (χ1v) is 5.79. The lowest BCUT2D eigenvalue weighted by molar-refractivity contribution is -0.0499. The van der Waals surface area contributed by atoms with Crippen LogP contribution in [-0.4, -0.2) is 6.61 Å². The van der Waals surface area contributed by atoms with Crippen LogP contribution in [0.15, 0.2) is 24.3 Å². The molecule has 1 rings (SSSR count). The van der Waals surface area contributed by atoms with Gasteiger partial charge in [-0.25, -0.2) is 0 Å². The molecule has 0 spiro atoms. The highest BCUT2D eigenvalue weighted by molar-refractivity contribution is 5.30. The molecule has 0 aliphatic heterocycles. The number of ether oxygens (including phenoxy) is 1. The molecule has 0 saturated heterocycles. The van der Waals surface area contributed by atoms with E-state index in [2.05, 4.69) is 18.6 Å². The van der Waals surface area contributed by atoms with Crippen LogP contribution in [0.2, 0.25) is 0 Å². The molecule has 1 atom stereocenters. The largest absolute Gasteiger partial charge is 0.435 e. The third kappa shape index (κ3) is 5.13. The van der Waals surface area contributed by atoms with Gasteiger partial charge in [-0.3, -0.25) is 0 Å². The Morgan fingerprint density at radius 2 is 1.94 bits per heavy atom. The van der Waals surface area contributed by atoms with Crippen molar-refractivity contribution in [2.75, 3.05) is 0 Å². The van der Waals surface area contributed by atoms with E-state index < -0.39 is 6.61 Å². The average molecular weight is 243 g/mol. The molecule has 1 aromatic carbocycles. The van der Waals surface area contributed by atoms with Gasteiger partial charge in [-0.05, 0) is 36.5 Å². The summed E-state index contributed by atoms with van der Waals surface area (Å²) in [6, 6.07) is 6.48. The molecule has 96 valence electrons. The summed E-state index contributed by atoms with van der Waals surface area (Å²) in [7, 11) is 0. The van der Waals surface area contributed by atoms with Gasteiger partial charge in [0.1, 0.15) is 5.75 Å². The van der Waals surface area contributed by atoms with E-state index >= 15 is 0 Å². The summed E-state index contributed by atoms with van der Waals surface area (Å²) in [6.45, 7) is 1.46. The normalized spacial score (nSPS) is 13.1. The van der Waals surface area contributed by atoms with Crippen molar-refractivity contribution < 1.29 is 13.5 Å². The molecular weight excluding hydrogens is 224 g/mol. The minimum Gasteiger partial charge on any atom is -0.435 e. The van der Waals surface area contributed by atoms with Gasteiger partial charge < -0.3 is 10.5 Å². The van der Waals surface area contributed by atoms with Crippen LogP contribution in [0.3, 0.4) is 0 Å². The minimum atomic E-state index is -2.79. The van der Waals surface area contributed by atoms with E-state index in [1.54, 1.807) is 12.1 Å². The summed E-state index contributed by atoms with van der Waals surface area (Å²) in [4.78, 5) is 0. The SMILES string of the molecule is CC(C)CCC(N)c1cccc(OC(F)F)c1. The van der Waals surface area contributed by atoms with Crippen LogP contribution in [-0.2, 0) is 0 Å². The monoisotopic (exact) mass is 243 g/mol. The zero-order valence-electron chi connectivity index (χ0n) is 10.2. The fourth-order valence-electron chi connectivity index (χ4n) is 1.60. The van der Waals surface area contributed by atoms with Gasteiger partial charge in [0.25, 0.3) is 0 Å². The van der Waals surface area contributed by atoms with Gasteiger partial charge in [-0.15, -0.1) is 0 Å². The molecular formula is C13H19F2NO. The smallest absolute Gasteiger partial charge is 0.387 e. The number of alkyl halides is 2. The first-order chi connectivity index (χ1) is 7.99. The van der Waals surface area contributed by atoms with Crippen molar-refractivity contribution in [2.24, 2.45) is 11.7 Å². The first-order valence-electron chi connectivity index (χ1n) is 5.79. The summed E-state index contributed by atoms with van der Waals surface area (Å²) in [6.07, 6.45) is 1.86. The Bertz CT molecular complexity index is 342. The highest BCUT2D eigenvalue weighted by Crippen LogP contribution is 2.23. The van der Waals surface area contributed by atoms with Crippen molar-refractivity contribution in [3.8, 4) is 5.75 Å². The Kier molecular flexibility index (Phi) is 5.35. The third-order valence-electron chi connectivity index (χ3n) is 2.57. The topological polar surface area (TPSA) is 35.2 Å². The van der Waals surface area contributed by atoms with Crippen LogP contribution in [0.5, 0.6) is 5.75 Å². The molecule has 0 radical (unpaired) electrons. The van der Waals surface area contributed by atoms with E-state index in [0.717, 1.165) is 18.4 Å². The zero-order valence-corrected chi connectivity index (χ0v) is 10.2. The second-order valence-electron chi connectivity index (χ2n) is 4.53. The number of nitrogens with two attached hydrogens (primary N) is 1. The molecule has 2 nitrogen and oxygen atoms in total. The molecule has 1 unspecified atom stereocenters. The van der Waals surface area contributed by atoms with Gasteiger partial charge >= 0.3 is 6.61 Å². The molecule has 0 bridgehead atoms. The first kappa shape index (κ1) is 13.9. The fourth-order valence-corrected chi connectivity index (χ4v) is 1.60. The molecule has 0 aliphatic carbocycles. The lowest BCUT2D eigenvalue weighted by atomic mass is 9.98. The Labute approximate surface area is 101 Å². The molecule has 17 heavy (non-hydrogen) atoms. The van der Waals surface area contributed by atoms with Gasteiger partial charge in [0.05, 0.1) is 0 Å². The standard InChI is InChI=1S/C13H19F2NO/c1-9(2)6-7-12(16)10-4-3-5-11(8-10)17-13(14)15/h3-5,8-9,12-13H,6-7,16H2,1-2H3. The van der Waals surface area contributed by atoms with Crippen molar-refractivity contribution >= 4 is 0 Å². The van der Waals surface area contributed by atoms with Crippen LogP contribution < -0.4 is 10.5 Å². The van der Waals surface area contributed by atoms with Gasteiger partial charge in [0.2, 0.25) is 0 Å².